The van der Waals surface area contributed by atoms with Crippen molar-refractivity contribution in [2.24, 2.45) is 17.3 Å². The summed E-state index contributed by atoms with van der Waals surface area (Å²) in [4.78, 5) is 17.1. The molecule has 0 saturated carbocycles. The average Bonchev–Trinajstić information content (AvgIpc) is 3.20. The fraction of sp³-hybridized carbons (Fsp3) is 0.714. The molecule has 1 spiro atoms. The van der Waals surface area contributed by atoms with Crippen LogP contribution in [0.25, 0.3) is 10.2 Å². The molecule has 1 N–H and O–H groups in total. The van der Waals surface area contributed by atoms with Gasteiger partial charge in [-0.2, -0.15) is 0 Å². The molecule has 146 valence electrons. The predicted molar refractivity (Wildman–Crippen MR) is 113 cm³/mol. The molecule has 3 fully saturated rings. The minimum Gasteiger partial charge on any atom is -0.355 e. The number of aryl methyl sites for hydroxylation is 1. The standard InChI is InChI=1S/C21H31N5S/c1-4-16-7-17-19(23-13-24-20(17)27-16)25-6-5-21(10-25)11-26(12-21)18(14(2)3)15-8-22-9-15/h7,13-15,18,22H,4-6,8-12H2,1-3H3/t18-/m1/s1. The lowest BCUT2D eigenvalue weighted by atomic mass is 9.74. The van der Waals surface area contributed by atoms with Gasteiger partial charge in [0.15, 0.2) is 0 Å². The zero-order valence-corrected chi connectivity index (χ0v) is 17.6. The Morgan fingerprint density at radius 3 is 2.74 bits per heavy atom. The fourth-order valence-electron chi connectivity index (χ4n) is 5.54. The maximum absolute atomic E-state index is 4.69. The summed E-state index contributed by atoms with van der Waals surface area (Å²) in [5, 5.41) is 4.72. The first-order valence-corrected chi connectivity index (χ1v) is 11.3. The molecule has 5 nitrogen and oxygen atoms in total. The van der Waals surface area contributed by atoms with Crippen molar-refractivity contribution in [3.63, 3.8) is 0 Å². The molecule has 5 rings (SSSR count). The summed E-state index contributed by atoms with van der Waals surface area (Å²) < 4.78 is 0. The lowest BCUT2D eigenvalue weighted by Crippen LogP contribution is -2.66. The van der Waals surface area contributed by atoms with E-state index in [4.69, 9.17) is 4.98 Å². The van der Waals surface area contributed by atoms with Gasteiger partial charge in [0, 0.05) is 55.6 Å². The number of hydrogen-bond donors (Lipinski definition) is 1. The summed E-state index contributed by atoms with van der Waals surface area (Å²) >= 11 is 1.82. The third kappa shape index (κ3) is 2.97. The highest BCUT2D eigenvalue weighted by Crippen LogP contribution is 2.45. The second kappa shape index (κ2) is 6.68. The molecule has 0 bridgehead atoms. The van der Waals surface area contributed by atoms with Gasteiger partial charge in [-0.05, 0) is 30.7 Å². The Balaban J connectivity index is 1.31. The molecule has 3 aliphatic rings. The van der Waals surface area contributed by atoms with Crippen LogP contribution in [0.4, 0.5) is 5.82 Å². The van der Waals surface area contributed by atoms with Crippen molar-refractivity contribution in [1.82, 2.24) is 20.2 Å². The van der Waals surface area contributed by atoms with Gasteiger partial charge in [0.25, 0.3) is 0 Å². The van der Waals surface area contributed by atoms with Crippen LogP contribution in [0.5, 0.6) is 0 Å². The molecule has 2 aromatic rings. The number of rotatable bonds is 5. The van der Waals surface area contributed by atoms with Crippen LogP contribution in [-0.2, 0) is 6.42 Å². The third-order valence-electron chi connectivity index (χ3n) is 6.92. The number of thiophene rings is 1. The molecule has 3 saturated heterocycles. The van der Waals surface area contributed by atoms with Crippen molar-refractivity contribution in [2.45, 2.75) is 39.7 Å². The average molecular weight is 386 g/mol. The minimum absolute atomic E-state index is 0.477. The third-order valence-corrected chi connectivity index (χ3v) is 8.11. The number of hydrogen-bond acceptors (Lipinski definition) is 6. The van der Waals surface area contributed by atoms with E-state index in [1.165, 1.54) is 42.9 Å². The van der Waals surface area contributed by atoms with E-state index in [2.05, 4.69) is 46.9 Å². The van der Waals surface area contributed by atoms with Gasteiger partial charge in [0.1, 0.15) is 17.0 Å². The van der Waals surface area contributed by atoms with Gasteiger partial charge >= 0.3 is 0 Å². The van der Waals surface area contributed by atoms with Crippen LogP contribution in [-0.4, -0.2) is 60.2 Å². The number of nitrogens with zero attached hydrogens (tertiary/aromatic N) is 4. The van der Waals surface area contributed by atoms with Crippen molar-refractivity contribution < 1.29 is 0 Å². The van der Waals surface area contributed by atoms with Crippen molar-refractivity contribution in [1.29, 1.82) is 0 Å². The molecule has 6 heteroatoms. The van der Waals surface area contributed by atoms with Gasteiger partial charge in [-0.3, -0.25) is 4.90 Å². The molecule has 1 atom stereocenters. The summed E-state index contributed by atoms with van der Waals surface area (Å²) in [6.07, 6.45) is 4.13. The monoisotopic (exact) mass is 385 g/mol. The fourth-order valence-corrected chi connectivity index (χ4v) is 6.47. The van der Waals surface area contributed by atoms with E-state index < -0.39 is 0 Å². The van der Waals surface area contributed by atoms with Crippen LogP contribution < -0.4 is 10.2 Å². The Bertz CT molecular complexity index is 821. The minimum atomic E-state index is 0.477. The van der Waals surface area contributed by atoms with Gasteiger partial charge in [-0.1, -0.05) is 20.8 Å². The van der Waals surface area contributed by atoms with E-state index in [9.17, 15) is 0 Å². The molecule has 0 aromatic carbocycles. The SMILES string of the molecule is CCc1cc2c(N3CCC4(C3)CN([C@H](C(C)C)C3CNC3)C4)ncnc2s1. The van der Waals surface area contributed by atoms with Gasteiger partial charge < -0.3 is 10.2 Å². The van der Waals surface area contributed by atoms with E-state index in [0.717, 1.165) is 48.0 Å². The summed E-state index contributed by atoms with van der Waals surface area (Å²) in [6, 6.07) is 3.06. The molecule has 5 heterocycles. The Morgan fingerprint density at radius 2 is 2.07 bits per heavy atom. The normalized spacial score (nSPS) is 23.9. The molecule has 0 amide bonds. The van der Waals surface area contributed by atoms with E-state index in [-0.39, 0.29) is 0 Å². The number of aromatic nitrogens is 2. The van der Waals surface area contributed by atoms with Crippen LogP contribution in [0.3, 0.4) is 0 Å². The van der Waals surface area contributed by atoms with Crippen molar-refractivity contribution in [3.05, 3.63) is 17.3 Å². The summed E-state index contributed by atoms with van der Waals surface area (Å²) in [5.41, 5.74) is 0.477. The molecular weight excluding hydrogens is 354 g/mol. The maximum atomic E-state index is 4.69. The van der Waals surface area contributed by atoms with Crippen molar-refractivity contribution >= 4 is 27.4 Å². The Hall–Kier alpha value is -1.24. The van der Waals surface area contributed by atoms with Crippen LogP contribution in [0.15, 0.2) is 12.4 Å². The molecule has 27 heavy (non-hydrogen) atoms. The highest BCUT2D eigenvalue weighted by Gasteiger charge is 2.51. The largest absolute Gasteiger partial charge is 0.355 e. The van der Waals surface area contributed by atoms with Gasteiger partial charge in [0.05, 0.1) is 5.39 Å². The van der Waals surface area contributed by atoms with E-state index in [0.29, 0.717) is 5.41 Å². The quantitative estimate of drug-likeness (QED) is 0.857. The molecule has 0 aliphatic carbocycles. The lowest BCUT2D eigenvalue weighted by molar-refractivity contribution is -0.0589. The maximum Gasteiger partial charge on any atom is 0.140 e. The number of nitrogens with one attached hydrogen (secondary N) is 1. The van der Waals surface area contributed by atoms with E-state index in [1.54, 1.807) is 6.33 Å². The van der Waals surface area contributed by atoms with Crippen LogP contribution >= 0.6 is 11.3 Å². The highest BCUT2D eigenvalue weighted by atomic mass is 32.1. The van der Waals surface area contributed by atoms with Crippen LogP contribution in [0, 0.1) is 17.3 Å². The summed E-state index contributed by atoms with van der Waals surface area (Å²) in [5.74, 6) is 2.75. The number of anilines is 1. The number of likely N-dealkylation sites (tertiary alicyclic amines) is 1. The van der Waals surface area contributed by atoms with Gasteiger partial charge in [-0.15, -0.1) is 11.3 Å². The zero-order valence-electron chi connectivity index (χ0n) is 16.7. The van der Waals surface area contributed by atoms with Crippen molar-refractivity contribution in [3.8, 4) is 0 Å². The first-order valence-electron chi connectivity index (χ1n) is 10.5. The summed E-state index contributed by atoms with van der Waals surface area (Å²) in [6.45, 7) is 14.2. The van der Waals surface area contributed by atoms with Gasteiger partial charge in [-0.25, -0.2) is 9.97 Å². The Labute approximate surface area is 166 Å². The molecule has 0 unspecified atom stereocenters. The predicted octanol–water partition coefficient (Wildman–Crippen LogP) is 3.01. The molecular formula is C21H31N5S. The zero-order chi connectivity index (χ0) is 18.6. The number of fused-ring (bicyclic) bond motifs is 1. The first-order chi connectivity index (χ1) is 13.1. The smallest absolute Gasteiger partial charge is 0.140 e. The summed E-state index contributed by atoms with van der Waals surface area (Å²) in [7, 11) is 0. The second-order valence-electron chi connectivity index (χ2n) is 9.21. The first kappa shape index (κ1) is 17.8. The van der Waals surface area contributed by atoms with Gasteiger partial charge in [0.2, 0.25) is 0 Å². The molecule has 3 aliphatic heterocycles. The Kier molecular flexibility index (Phi) is 4.41. The lowest BCUT2D eigenvalue weighted by Gasteiger charge is -2.56. The van der Waals surface area contributed by atoms with E-state index in [1.807, 2.05) is 11.3 Å². The Morgan fingerprint density at radius 1 is 1.26 bits per heavy atom. The van der Waals surface area contributed by atoms with E-state index >= 15 is 0 Å². The molecule has 2 aromatic heterocycles. The molecule has 0 radical (unpaired) electrons. The van der Waals surface area contributed by atoms with Crippen LogP contribution in [0.2, 0.25) is 0 Å². The second-order valence-corrected chi connectivity index (χ2v) is 10.3. The van der Waals surface area contributed by atoms with Crippen molar-refractivity contribution in [2.75, 3.05) is 44.2 Å². The topological polar surface area (TPSA) is 44.3 Å². The van der Waals surface area contributed by atoms with Crippen LogP contribution in [0.1, 0.15) is 32.1 Å². The highest BCUT2D eigenvalue weighted by molar-refractivity contribution is 7.18.